The number of guanidine groups is 1. The van der Waals surface area contributed by atoms with Crippen molar-refractivity contribution in [2.45, 2.75) is 19.9 Å². The number of aromatic nitrogens is 2. The molecular weight excluding hydrogens is 242 g/mol. The molecule has 0 bridgehead atoms. The fraction of sp³-hybridized carbons (Fsp3) is 0.692. The van der Waals surface area contributed by atoms with Gasteiger partial charge in [0.25, 0.3) is 0 Å². The van der Waals surface area contributed by atoms with E-state index < -0.39 is 0 Å². The molecule has 0 aromatic carbocycles. The largest absolute Gasteiger partial charge is 0.381 e. The topological polar surface area (TPSA) is 65.5 Å². The predicted octanol–water partition coefficient (Wildman–Crippen LogP) is 0.762. The molecule has 1 saturated heterocycles. The lowest BCUT2D eigenvalue weighted by Crippen LogP contribution is -2.41. The Bertz CT molecular complexity index is 422. The molecule has 0 spiro atoms. The minimum Gasteiger partial charge on any atom is -0.381 e. The van der Waals surface area contributed by atoms with Gasteiger partial charge < -0.3 is 15.0 Å². The number of hydrogen-bond donors (Lipinski definition) is 2. The summed E-state index contributed by atoms with van der Waals surface area (Å²) in [7, 11) is 3.88. The van der Waals surface area contributed by atoms with Gasteiger partial charge in [0, 0.05) is 51.0 Å². The van der Waals surface area contributed by atoms with Crippen molar-refractivity contribution < 1.29 is 4.74 Å². The quantitative estimate of drug-likeness (QED) is 0.623. The van der Waals surface area contributed by atoms with Crippen LogP contribution in [-0.4, -0.2) is 54.9 Å². The fourth-order valence-corrected chi connectivity index (χ4v) is 2.31. The zero-order chi connectivity index (χ0) is 13.7. The maximum atomic E-state index is 5.41. The summed E-state index contributed by atoms with van der Waals surface area (Å²) in [5.74, 6) is 1.52. The van der Waals surface area contributed by atoms with Crippen LogP contribution >= 0.6 is 0 Å². The van der Waals surface area contributed by atoms with Gasteiger partial charge in [-0.15, -0.1) is 0 Å². The van der Waals surface area contributed by atoms with Gasteiger partial charge in [-0.3, -0.25) is 10.1 Å². The van der Waals surface area contributed by atoms with E-state index in [0.717, 1.165) is 44.4 Å². The normalized spacial score (nSPS) is 19.7. The summed E-state index contributed by atoms with van der Waals surface area (Å²) in [4.78, 5) is 6.48. The molecule has 6 heteroatoms. The lowest BCUT2D eigenvalue weighted by molar-refractivity contribution is 0.181. The van der Waals surface area contributed by atoms with Crippen molar-refractivity contribution in [2.24, 2.45) is 10.9 Å². The molecule has 0 radical (unpaired) electrons. The van der Waals surface area contributed by atoms with E-state index in [9.17, 15) is 0 Å². The average Bonchev–Trinajstić information content (AvgIpc) is 3.02. The molecule has 1 aromatic heterocycles. The number of ether oxygens (including phenoxy) is 1. The Morgan fingerprint density at radius 1 is 1.68 bits per heavy atom. The first-order chi connectivity index (χ1) is 9.20. The Kier molecular flexibility index (Phi) is 4.79. The maximum absolute atomic E-state index is 5.41. The number of rotatable bonds is 4. The summed E-state index contributed by atoms with van der Waals surface area (Å²) in [5.41, 5.74) is 2.26. The summed E-state index contributed by atoms with van der Waals surface area (Å²) in [6.45, 7) is 5.48. The van der Waals surface area contributed by atoms with Crippen molar-refractivity contribution in [3.8, 4) is 0 Å². The van der Waals surface area contributed by atoms with E-state index in [0.29, 0.717) is 5.92 Å². The molecule has 2 heterocycles. The molecule has 1 aliphatic heterocycles. The van der Waals surface area contributed by atoms with E-state index in [1.165, 1.54) is 5.56 Å². The Hall–Kier alpha value is -1.56. The number of nitrogens with zero attached hydrogens (tertiary/aromatic N) is 3. The Labute approximate surface area is 114 Å². The van der Waals surface area contributed by atoms with Crippen LogP contribution in [-0.2, 0) is 11.3 Å². The third-order valence-electron chi connectivity index (χ3n) is 3.50. The van der Waals surface area contributed by atoms with Crippen LogP contribution < -0.4 is 5.32 Å². The molecule has 19 heavy (non-hydrogen) atoms. The lowest BCUT2D eigenvalue weighted by atomic mass is 10.1. The number of hydrogen-bond acceptors (Lipinski definition) is 3. The third-order valence-corrected chi connectivity index (χ3v) is 3.50. The molecule has 2 N–H and O–H groups in total. The predicted molar refractivity (Wildman–Crippen MR) is 75.1 cm³/mol. The van der Waals surface area contributed by atoms with E-state index in [-0.39, 0.29) is 0 Å². The first-order valence-corrected chi connectivity index (χ1v) is 6.69. The van der Waals surface area contributed by atoms with Crippen LogP contribution in [0.1, 0.15) is 17.7 Å². The van der Waals surface area contributed by atoms with Crippen LogP contribution in [0.4, 0.5) is 0 Å². The Morgan fingerprint density at radius 2 is 2.53 bits per heavy atom. The molecule has 2 rings (SSSR count). The molecule has 0 amide bonds. The van der Waals surface area contributed by atoms with Crippen molar-refractivity contribution in [2.75, 3.05) is 33.9 Å². The highest BCUT2D eigenvalue weighted by atomic mass is 16.5. The van der Waals surface area contributed by atoms with Crippen LogP contribution in [0.3, 0.4) is 0 Å². The zero-order valence-electron chi connectivity index (χ0n) is 11.9. The van der Waals surface area contributed by atoms with Crippen LogP contribution in [0, 0.1) is 12.8 Å². The van der Waals surface area contributed by atoms with Gasteiger partial charge >= 0.3 is 0 Å². The van der Waals surface area contributed by atoms with Crippen LogP contribution in [0.15, 0.2) is 11.2 Å². The van der Waals surface area contributed by atoms with E-state index in [1.54, 1.807) is 0 Å². The summed E-state index contributed by atoms with van der Waals surface area (Å²) in [6.07, 6.45) is 2.99. The molecule has 1 unspecified atom stereocenters. The van der Waals surface area contributed by atoms with Crippen molar-refractivity contribution in [3.63, 3.8) is 0 Å². The first-order valence-electron chi connectivity index (χ1n) is 6.69. The highest BCUT2D eigenvalue weighted by Crippen LogP contribution is 2.13. The van der Waals surface area contributed by atoms with E-state index >= 15 is 0 Å². The Morgan fingerprint density at radius 3 is 3.11 bits per heavy atom. The minimum atomic E-state index is 0.610. The van der Waals surface area contributed by atoms with Gasteiger partial charge in [-0.25, -0.2) is 0 Å². The molecule has 6 nitrogen and oxygen atoms in total. The number of aryl methyl sites for hydroxylation is 1. The molecule has 0 saturated carbocycles. The molecule has 106 valence electrons. The third kappa shape index (κ3) is 3.70. The van der Waals surface area contributed by atoms with Gasteiger partial charge in [0.15, 0.2) is 5.96 Å². The second-order valence-electron chi connectivity index (χ2n) is 5.03. The van der Waals surface area contributed by atoms with Crippen LogP contribution in [0.5, 0.6) is 0 Å². The standard InChI is InChI=1S/C13H23N5O/c1-10-12(7-16-17-10)6-15-13(14-2)18(3)8-11-4-5-19-9-11/h7,11H,4-6,8-9H2,1-3H3,(H,14,15)(H,16,17). The van der Waals surface area contributed by atoms with Gasteiger partial charge in [-0.05, 0) is 13.3 Å². The summed E-state index contributed by atoms with van der Waals surface area (Å²) < 4.78 is 5.41. The van der Waals surface area contributed by atoms with Gasteiger partial charge in [0.1, 0.15) is 0 Å². The number of H-pyrrole nitrogens is 1. The Balaban J connectivity index is 1.83. The van der Waals surface area contributed by atoms with Crippen molar-refractivity contribution in [1.29, 1.82) is 0 Å². The number of aliphatic imine (C=N–C) groups is 1. The summed E-state index contributed by atoms with van der Waals surface area (Å²) >= 11 is 0. The number of aromatic amines is 1. The van der Waals surface area contributed by atoms with Gasteiger partial charge in [0.2, 0.25) is 0 Å². The van der Waals surface area contributed by atoms with E-state index in [1.807, 2.05) is 20.2 Å². The van der Waals surface area contributed by atoms with Gasteiger partial charge in [0.05, 0.1) is 12.8 Å². The monoisotopic (exact) mass is 265 g/mol. The molecule has 1 aromatic rings. The lowest BCUT2D eigenvalue weighted by Gasteiger charge is -2.24. The van der Waals surface area contributed by atoms with Gasteiger partial charge in [-0.2, -0.15) is 5.10 Å². The molecule has 1 aliphatic rings. The van der Waals surface area contributed by atoms with Crippen LogP contribution in [0.2, 0.25) is 0 Å². The smallest absolute Gasteiger partial charge is 0.193 e. The molecular formula is C13H23N5O. The SMILES string of the molecule is CN=C(NCc1cn[nH]c1C)N(C)CC1CCOC1. The molecule has 0 aliphatic carbocycles. The van der Waals surface area contributed by atoms with Crippen molar-refractivity contribution >= 4 is 5.96 Å². The zero-order valence-corrected chi connectivity index (χ0v) is 11.9. The second kappa shape index (κ2) is 6.56. The highest BCUT2D eigenvalue weighted by molar-refractivity contribution is 5.79. The van der Waals surface area contributed by atoms with E-state index in [2.05, 4.69) is 32.5 Å². The van der Waals surface area contributed by atoms with Crippen LogP contribution in [0.25, 0.3) is 0 Å². The molecule has 1 atom stereocenters. The maximum Gasteiger partial charge on any atom is 0.193 e. The van der Waals surface area contributed by atoms with Crippen molar-refractivity contribution in [1.82, 2.24) is 20.4 Å². The first kappa shape index (κ1) is 13.9. The fourth-order valence-electron chi connectivity index (χ4n) is 2.31. The summed E-state index contributed by atoms with van der Waals surface area (Å²) in [6, 6.07) is 0. The second-order valence-corrected chi connectivity index (χ2v) is 5.03. The summed E-state index contributed by atoms with van der Waals surface area (Å²) in [5, 5.41) is 10.3. The number of nitrogens with one attached hydrogen (secondary N) is 2. The van der Waals surface area contributed by atoms with E-state index in [4.69, 9.17) is 4.74 Å². The minimum absolute atomic E-state index is 0.610. The van der Waals surface area contributed by atoms with Gasteiger partial charge in [-0.1, -0.05) is 0 Å². The van der Waals surface area contributed by atoms with Crippen molar-refractivity contribution in [3.05, 3.63) is 17.5 Å². The molecule has 1 fully saturated rings. The average molecular weight is 265 g/mol. The highest BCUT2D eigenvalue weighted by Gasteiger charge is 2.19.